The summed E-state index contributed by atoms with van der Waals surface area (Å²) in [7, 11) is -3.51. The van der Waals surface area contributed by atoms with Gasteiger partial charge in [0.25, 0.3) is 16.0 Å². The average molecular weight is 421 g/mol. The van der Waals surface area contributed by atoms with Crippen molar-refractivity contribution in [1.82, 2.24) is 20.3 Å². The number of carbonyl (C=O) groups is 1. The molecule has 0 spiro atoms. The zero-order valence-electron chi connectivity index (χ0n) is 14.4. The second-order valence-corrected chi connectivity index (χ2v) is 8.56. The molecule has 1 heterocycles. The van der Waals surface area contributed by atoms with Crippen molar-refractivity contribution in [2.45, 2.75) is 25.9 Å². The van der Waals surface area contributed by atoms with E-state index in [4.69, 9.17) is 23.2 Å². The van der Waals surface area contributed by atoms with Crippen molar-refractivity contribution in [2.75, 3.05) is 12.9 Å². The van der Waals surface area contributed by atoms with Crippen LogP contribution in [-0.2, 0) is 26.4 Å². The van der Waals surface area contributed by atoms with Gasteiger partial charge in [0.15, 0.2) is 0 Å². The van der Waals surface area contributed by atoms with Gasteiger partial charge in [0.2, 0.25) is 0 Å². The fourth-order valence-electron chi connectivity index (χ4n) is 2.03. The second kappa shape index (κ2) is 7.91. The predicted octanol–water partition coefficient (Wildman–Crippen LogP) is 2.23. The Kier molecular flexibility index (Phi) is 6.28. The standard InChI is InChI=1S/C15H18Cl2N4O4S/c1-15(2,18-14(22)10-4-5-11(16)12(17)8-10)13-9-21(20-19-13)6-7-25-26(3,23)24/h4-5,8-9H,6-7H2,1-3H3,(H,18,22). The van der Waals surface area contributed by atoms with Gasteiger partial charge in [-0.05, 0) is 32.0 Å². The van der Waals surface area contributed by atoms with Crippen LogP contribution in [0.25, 0.3) is 0 Å². The first-order valence-electron chi connectivity index (χ1n) is 7.50. The Morgan fingerprint density at radius 2 is 2.00 bits per heavy atom. The summed E-state index contributed by atoms with van der Waals surface area (Å²) in [4.78, 5) is 12.4. The molecular weight excluding hydrogens is 403 g/mol. The molecule has 1 amide bonds. The Morgan fingerprint density at radius 1 is 1.31 bits per heavy atom. The maximum atomic E-state index is 12.4. The molecule has 0 saturated carbocycles. The lowest BCUT2D eigenvalue weighted by Gasteiger charge is -2.23. The van der Waals surface area contributed by atoms with Crippen molar-refractivity contribution in [1.29, 1.82) is 0 Å². The van der Waals surface area contributed by atoms with Crippen molar-refractivity contribution in [2.24, 2.45) is 0 Å². The van der Waals surface area contributed by atoms with E-state index in [2.05, 4.69) is 19.8 Å². The van der Waals surface area contributed by atoms with Gasteiger partial charge < -0.3 is 5.32 Å². The van der Waals surface area contributed by atoms with Crippen LogP contribution in [0.3, 0.4) is 0 Å². The van der Waals surface area contributed by atoms with Gasteiger partial charge >= 0.3 is 0 Å². The number of halogens is 2. The van der Waals surface area contributed by atoms with Gasteiger partial charge in [-0.15, -0.1) is 5.10 Å². The molecule has 0 aliphatic carbocycles. The summed E-state index contributed by atoms with van der Waals surface area (Å²) in [5.74, 6) is -0.344. The van der Waals surface area contributed by atoms with Crippen LogP contribution in [0.15, 0.2) is 24.4 Å². The molecule has 0 bridgehead atoms. The summed E-state index contributed by atoms with van der Waals surface area (Å²) in [6.45, 7) is 3.68. The number of carbonyl (C=O) groups excluding carboxylic acids is 1. The van der Waals surface area contributed by atoms with Crippen molar-refractivity contribution in [3.8, 4) is 0 Å². The first-order valence-corrected chi connectivity index (χ1v) is 10.1. The topological polar surface area (TPSA) is 103 Å². The van der Waals surface area contributed by atoms with Gasteiger partial charge in [-0.3, -0.25) is 8.98 Å². The highest BCUT2D eigenvalue weighted by molar-refractivity contribution is 7.85. The van der Waals surface area contributed by atoms with Crippen LogP contribution in [0.5, 0.6) is 0 Å². The van der Waals surface area contributed by atoms with E-state index in [9.17, 15) is 13.2 Å². The summed E-state index contributed by atoms with van der Waals surface area (Å²) in [5.41, 5.74) is 0.0470. The van der Waals surface area contributed by atoms with E-state index in [1.807, 2.05) is 0 Å². The molecule has 0 radical (unpaired) electrons. The Hall–Kier alpha value is -1.68. The molecule has 0 saturated heterocycles. The molecule has 8 nitrogen and oxygen atoms in total. The Bertz CT molecular complexity index is 912. The van der Waals surface area contributed by atoms with E-state index < -0.39 is 15.7 Å². The van der Waals surface area contributed by atoms with Crippen LogP contribution in [0.2, 0.25) is 10.0 Å². The summed E-state index contributed by atoms with van der Waals surface area (Å²) in [6.07, 6.45) is 2.59. The number of benzene rings is 1. The number of nitrogens with zero attached hydrogens (tertiary/aromatic N) is 3. The SMILES string of the molecule is CC(C)(NC(=O)c1ccc(Cl)c(Cl)c1)c1cn(CCOS(C)(=O)=O)nn1. The van der Waals surface area contributed by atoms with E-state index >= 15 is 0 Å². The summed E-state index contributed by atoms with van der Waals surface area (Å²) < 4.78 is 28.0. The molecule has 0 unspecified atom stereocenters. The van der Waals surface area contributed by atoms with E-state index in [1.54, 1.807) is 32.2 Å². The third-order valence-corrected chi connectivity index (χ3v) is 4.74. The number of hydrogen-bond acceptors (Lipinski definition) is 6. The largest absolute Gasteiger partial charge is 0.341 e. The van der Waals surface area contributed by atoms with Gasteiger partial charge in [0.1, 0.15) is 5.69 Å². The van der Waals surface area contributed by atoms with Crippen LogP contribution in [0.4, 0.5) is 0 Å². The molecule has 0 atom stereocenters. The predicted molar refractivity (Wildman–Crippen MR) is 97.8 cm³/mol. The van der Waals surface area contributed by atoms with Crippen LogP contribution in [-0.4, -0.2) is 42.2 Å². The molecule has 1 N–H and O–H groups in total. The summed E-state index contributed by atoms with van der Waals surface area (Å²) in [6, 6.07) is 4.59. The van der Waals surface area contributed by atoms with Crippen LogP contribution < -0.4 is 5.32 Å². The zero-order chi connectivity index (χ0) is 19.5. The fourth-order valence-corrected chi connectivity index (χ4v) is 2.71. The second-order valence-electron chi connectivity index (χ2n) is 6.10. The number of hydrogen-bond donors (Lipinski definition) is 1. The molecule has 1 aromatic carbocycles. The quantitative estimate of drug-likeness (QED) is 0.688. The summed E-state index contributed by atoms with van der Waals surface area (Å²) in [5, 5.41) is 11.4. The van der Waals surface area contributed by atoms with Crippen LogP contribution in [0, 0.1) is 0 Å². The minimum absolute atomic E-state index is 0.0578. The van der Waals surface area contributed by atoms with Gasteiger partial charge in [-0.1, -0.05) is 28.4 Å². The molecule has 26 heavy (non-hydrogen) atoms. The average Bonchev–Trinajstić information content (AvgIpc) is 2.98. The maximum absolute atomic E-state index is 12.4. The van der Waals surface area contributed by atoms with Crippen molar-refractivity contribution in [3.05, 3.63) is 45.7 Å². The minimum atomic E-state index is -3.51. The lowest BCUT2D eigenvalue weighted by Crippen LogP contribution is -2.41. The highest BCUT2D eigenvalue weighted by Gasteiger charge is 2.27. The molecule has 0 fully saturated rings. The van der Waals surface area contributed by atoms with Crippen molar-refractivity contribution < 1.29 is 17.4 Å². The van der Waals surface area contributed by atoms with E-state index in [0.717, 1.165) is 6.26 Å². The molecule has 0 aliphatic rings. The Morgan fingerprint density at radius 3 is 2.62 bits per heavy atom. The van der Waals surface area contributed by atoms with Crippen molar-refractivity contribution >= 4 is 39.2 Å². The van der Waals surface area contributed by atoms with Gasteiger partial charge in [-0.2, -0.15) is 8.42 Å². The smallest absolute Gasteiger partial charge is 0.264 e. The number of rotatable bonds is 7. The van der Waals surface area contributed by atoms with Gasteiger partial charge in [-0.25, -0.2) is 4.68 Å². The lowest BCUT2D eigenvalue weighted by molar-refractivity contribution is 0.0910. The van der Waals surface area contributed by atoms with Crippen molar-refractivity contribution in [3.63, 3.8) is 0 Å². The zero-order valence-corrected chi connectivity index (χ0v) is 16.7. The highest BCUT2D eigenvalue weighted by atomic mass is 35.5. The number of nitrogens with one attached hydrogen (secondary N) is 1. The molecule has 142 valence electrons. The van der Waals surface area contributed by atoms with Crippen LogP contribution >= 0.6 is 23.2 Å². The molecule has 2 aromatic rings. The molecular formula is C15H18Cl2N4O4S. The lowest BCUT2D eigenvalue weighted by atomic mass is 10.0. The number of amides is 1. The number of aromatic nitrogens is 3. The third-order valence-electron chi connectivity index (χ3n) is 3.40. The first-order chi connectivity index (χ1) is 12.0. The highest BCUT2D eigenvalue weighted by Crippen LogP contribution is 2.24. The Labute approximate surface area is 161 Å². The van der Waals surface area contributed by atoms with E-state index in [-0.39, 0.29) is 24.1 Å². The normalized spacial score (nSPS) is 12.2. The molecule has 2 rings (SSSR count). The fraction of sp³-hybridized carbons (Fsp3) is 0.400. The first kappa shape index (κ1) is 20.6. The molecule has 11 heteroatoms. The van der Waals surface area contributed by atoms with Gasteiger partial charge in [0.05, 0.1) is 41.2 Å². The minimum Gasteiger partial charge on any atom is -0.341 e. The molecule has 0 aliphatic heterocycles. The van der Waals surface area contributed by atoms with E-state index in [0.29, 0.717) is 16.3 Å². The Balaban J connectivity index is 2.05. The third kappa shape index (κ3) is 5.66. The molecule has 1 aromatic heterocycles. The van der Waals surface area contributed by atoms with Gasteiger partial charge in [0, 0.05) is 5.56 Å². The summed E-state index contributed by atoms with van der Waals surface area (Å²) >= 11 is 11.8. The maximum Gasteiger partial charge on any atom is 0.264 e. The monoisotopic (exact) mass is 420 g/mol. The van der Waals surface area contributed by atoms with E-state index in [1.165, 1.54) is 10.7 Å². The van der Waals surface area contributed by atoms with Crippen LogP contribution in [0.1, 0.15) is 29.9 Å².